The second-order valence-corrected chi connectivity index (χ2v) is 4.71. The lowest BCUT2D eigenvalue weighted by Crippen LogP contribution is -2.22. The van der Waals surface area contributed by atoms with Crippen molar-refractivity contribution in [2.45, 2.75) is 0 Å². The average Bonchev–Trinajstić information content (AvgIpc) is 2.93. The highest BCUT2D eigenvalue weighted by Gasteiger charge is 2.15. The zero-order valence-corrected chi connectivity index (χ0v) is 12.8. The van der Waals surface area contributed by atoms with Crippen LogP contribution >= 0.6 is 11.6 Å². The molecule has 0 aliphatic heterocycles. The number of halogens is 1. The first-order valence-corrected chi connectivity index (χ1v) is 6.72. The molecule has 0 aliphatic carbocycles. The number of rotatable bonds is 5. The van der Waals surface area contributed by atoms with Crippen molar-refractivity contribution in [3.63, 3.8) is 0 Å². The number of methoxy groups -OCH3 is 2. The Morgan fingerprint density at radius 3 is 2.77 bits per heavy atom. The highest BCUT2D eigenvalue weighted by molar-refractivity contribution is 6.31. The lowest BCUT2D eigenvalue weighted by atomic mass is 10.2. The molecule has 0 saturated heterocycles. The first-order valence-electron chi connectivity index (χ1n) is 6.35. The number of carbonyl (C=O) groups excluding carboxylic acids is 2. The fraction of sp³-hybridized carbons (Fsp3) is 0.200. The first-order chi connectivity index (χ1) is 10.5. The van der Waals surface area contributed by atoms with Gasteiger partial charge in [0.1, 0.15) is 0 Å². The van der Waals surface area contributed by atoms with Gasteiger partial charge in [-0.3, -0.25) is 4.79 Å². The molecule has 0 spiro atoms. The van der Waals surface area contributed by atoms with Gasteiger partial charge in [0.15, 0.2) is 17.1 Å². The van der Waals surface area contributed by atoms with E-state index in [-0.39, 0.29) is 12.3 Å². The van der Waals surface area contributed by atoms with Crippen molar-refractivity contribution < 1.29 is 23.5 Å². The fourth-order valence-electron chi connectivity index (χ4n) is 1.81. The molecule has 2 aromatic rings. The molecule has 0 saturated carbocycles. The Balaban J connectivity index is 2.12. The molecule has 0 atom stereocenters. The van der Waals surface area contributed by atoms with Gasteiger partial charge in [-0.2, -0.15) is 0 Å². The minimum absolute atomic E-state index is 0.127. The zero-order valence-electron chi connectivity index (χ0n) is 12.0. The van der Waals surface area contributed by atoms with Crippen LogP contribution in [0.1, 0.15) is 10.6 Å². The molecular weight excluding hydrogens is 310 g/mol. The maximum Gasteiger partial charge on any atom is 0.330 e. The second-order valence-electron chi connectivity index (χ2n) is 4.27. The van der Waals surface area contributed by atoms with Crippen molar-refractivity contribution in [1.82, 2.24) is 5.32 Å². The molecule has 0 fully saturated rings. The van der Waals surface area contributed by atoms with Crippen LogP contribution in [-0.4, -0.2) is 32.6 Å². The average molecular weight is 324 g/mol. The van der Waals surface area contributed by atoms with Gasteiger partial charge in [-0.15, -0.1) is 0 Å². The van der Waals surface area contributed by atoms with Crippen LogP contribution in [0.15, 0.2) is 34.8 Å². The number of fused-ring (bicyclic) bond motifs is 1. The zero-order chi connectivity index (χ0) is 16.1. The van der Waals surface area contributed by atoms with Crippen molar-refractivity contribution in [3.05, 3.63) is 41.1 Å². The molecule has 1 aromatic heterocycles. The fourth-order valence-corrected chi connectivity index (χ4v) is 2.03. The molecule has 116 valence electrons. The van der Waals surface area contributed by atoms with Gasteiger partial charge in [-0.1, -0.05) is 17.7 Å². The molecule has 0 aliphatic rings. The molecule has 1 heterocycles. The summed E-state index contributed by atoms with van der Waals surface area (Å²) in [6.07, 6.45) is 2.70. The summed E-state index contributed by atoms with van der Waals surface area (Å²) in [4.78, 5) is 22.9. The third-order valence-corrected chi connectivity index (χ3v) is 3.04. The number of benzene rings is 1. The van der Waals surface area contributed by atoms with Gasteiger partial charge in [0.2, 0.25) is 0 Å². The summed E-state index contributed by atoms with van der Waals surface area (Å²) in [6.45, 7) is 0.170. The van der Waals surface area contributed by atoms with E-state index in [9.17, 15) is 9.59 Å². The molecule has 6 nitrogen and oxygen atoms in total. The number of furan rings is 1. The van der Waals surface area contributed by atoms with E-state index in [1.54, 1.807) is 18.2 Å². The van der Waals surface area contributed by atoms with Crippen LogP contribution in [0.5, 0.6) is 5.75 Å². The monoisotopic (exact) mass is 323 g/mol. The summed E-state index contributed by atoms with van der Waals surface area (Å²) >= 11 is 5.96. The maximum absolute atomic E-state index is 12.0. The predicted octanol–water partition coefficient (Wildman–Crippen LogP) is 2.55. The molecule has 22 heavy (non-hydrogen) atoms. The number of esters is 1. The number of amides is 1. The van der Waals surface area contributed by atoms with E-state index in [0.717, 1.165) is 0 Å². The van der Waals surface area contributed by atoms with Crippen LogP contribution in [-0.2, 0) is 9.53 Å². The molecule has 2 rings (SSSR count). The summed E-state index contributed by atoms with van der Waals surface area (Å²) in [7, 11) is 2.77. The lowest BCUT2D eigenvalue weighted by molar-refractivity contribution is -0.134. The van der Waals surface area contributed by atoms with Crippen molar-refractivity contribution in [2.24, 2.45) is 0 Å². The molecular formula is C15H14ClNO5. The van der Waals surface area contributed by atoms with Crippen molar-refractivity contribution >= 4 is 34.4 Å². The van der Waals surface area contributed by atoms with Crippen LogP contribution < -0.4 is 10.1 Å². The van der Waals surface area contributed by atoms with Crippen LogP contribution in [0, 0.1) is 0 Å². The van der Waals surface area contributed by atoms with Crippen LogP contribution in [0.2, 0.25) is 5.02 Å². The number of ether oxygens (including phenoxy) is 2. The quantitative estimate of drug-likeness (QED) is 0.676. The first kappa shape index (κ1) is 15.9. The minimum Gasteiger partial charge on any atom is -0.493 e. The van der Waals surface area contributed by atoms with Crippen LogP contribution in [0.4, 0.5) is 0 Å². The summed E-state index contributed by atoms with van der Waals surface area (Å²) in [5, 5.41) is 3.74. The second kappa shape index (κ2) is 7.00. The number of nitrogens with one attached hydrogen (secondary N) is 1. The third kappa shape index (κ3) is 3.59. The predicted molar refractivity (Wildman–Crippen MR) is 81.3 cm³/mol. The Morgan fingerprint density at radius 1 is 1.32 bits per heavy atom. The van der Waals surface area contributed by atoms with E-state index >= 15 is 0 Å². The highest BCUT2D eigenvalue weighted by atomic mass is 35.5. The standard InChI is InChI=1S/C15H14ClNO5/c1-20-11-8-10(16)6-9-7-12(22-14(9)11)15(19)17-5-3-4-13(18)21-2/h3-4,6-8H,5H2,1-2H3,(H,17,19)/b4-3+. The summed E-state index contributed by atoms with van der Waals surface area (Å²) in [6, 6.07) is 4.86. The van der Waals surface area contributed by atoms with Gasteiger partial charge in [0, 0.05) is 29.1 Å². The Kier molecular flexibility index (Phi) is 5.06. The van der Waals surface area contributed by atoms with Crippen molar-refractivity contribution in [2.75, 3.05) is 20.8 Å². The van der Waals surface area contributed by atoms with Gasteiger partial charge in [-0.05, 0) is 12.1 Å². The molecule has 1 amide bonds. The number of hydrogen-bond acceptors (Lipinski definition) is 5. The lowest BCUT2D eigenvalue weighted by Gasteiger charge is -2.01. The molecule has 1 aromatic carbocycles. The van der Waals surface area contributed by atoms with Gasteiger partial charge >= 0.3 is 5.97 Å². The van der Waals surface area contributed by atoms with E-state index in [1.165, 1.54) is 26.4 Å². The van der Waals surface area contributed by atoms with Crippen LogP contribution in [0.25, 0.3) is 11.0 Å². The van der Waals surface area contributed by atoms with E-state index in [2.05, 4.69) is 10.1 Å². The summed E-state index contributed by atoms with van der Waals surface area (Å²) in [5.74, 6) is -0.324. The third-order valence-electron chi connectivity index (χ3n) is 2.83. The van der Waals surface area contributed by atoms with Crippen molar-refractivity contribution in [3.8, 4) is 5.75 Å². The Morgan fingerprint density at radius 2 is 2.09 bits per heavy atom. The summed E-state index contributed by atoms with van der Waals surface area (Å²) in [5.41, 5.74) is 0.446. The van der Waals surface area contributed by atoms with Crippen molar-refractivity contribution in [1.29, 1.82) is 0 Å². The Labute approximate surface area is 131 Å². The number of carbonyl (C=O) groups is 2. The number of hydrogen-bond donors (Lipinski definition) is 1. The largest absolute Gasteiger partial charge is 0.493 e. The van der Waals surface area contributed by atoms with Crippen LogP contribution in [0.3, 0.4) is 0 Å². The smallest absolute Gasteiger partial charge is 0.330 e. The topological polar surface area (TPSA) is 77.8 Å². The van der Waals surface area contributed by atoms with E-state index in [1.807, 2.05) is 0 Å². The Hall–Kier alpha value is -2.47. The van der Waals surface area contributed by atoms with Gasteiger partial charge < -0.3 is 19.2 Å². The van der Waals surface area contributed by atoms with E-state index < -0.39 is 11.9 Å². The molecule has 7 heteroatoms. The van der Waals surface area contributed by atoms with Gasteiger partial charge in [0.05, 0.1) is 14.2 Å². The molecule has 0 bridgehead atoms. The van der Waals surface area contributed by atoms with Gasteiger partial charge in [-0.25, -0.2) is 4.79 Å². The maximum atomic E-state index is 12.0. The normalized spacial score (nSPS) is 10.9. The highest BCUT2D eigenvalue weighted by Crippen LogP contribution is 2.32. The molecule has 0 unspecified atom stereocenters. The van der Waals surface area contributed by atoms with Gasteiger partial charge in [0.25, 0.3) is 5.91 Å². The molecule has 1 N–H and O–H groups in total. The van der Waals surface area contributed by atoms with E-state index in [0.29, 0.717) is 21.7 Å². The SMILES string of the molecule is COC(=O)/C=C/CNC(=O)c1cc2cc(Cl)cc(OC)c2o1. The summed E-state index contributed by atoms with van der Waals surface area (Å²) < 4.78 is 15.1. The Bertz CT molecular complexity index is 735. The van der Waals surface area contributed by atoms with E-state index in [4.69, 9.17) is 20.8 Å². The molecule has 0 radical (unpaired) electrons. The minimum atomic E-state index is -0.489.